The SMILES string of the molecule is CC(=O)N(Cc1ccc(CC(C)NCCc2cccc(Cl)c2)cc1)Cc1ccc(CC(C)NCCc2cccc(Cl)c2)cc1. The average molecular weight is 631 g/mol. The van der Waals surface area contributed by atoms with Crippen LogP contribution in [0, 0.1) is 0 Å². The average Bonchev–Trinajstić information content (AvgIpc) is 2.99. The molecule has 0 heterocycles. The topological polar surface area (TPSA) is 44.4 Å². The maximum absolute atomic E-state index is 12.5. The lowest BCUT2D eigenvalue weighted by Crippen LogP contribution is -2.30. The minimum atomic E-state index is 0.0770. The standard InChI is InChI=1S/C38H45Cl2N3O/c1-28(41-20-18-31-6-4-8-37(39)24-31)22-33-10-14-35(15-11-33)26-43(30(3)44)27-36-16-12-34(13-17-36)23-29(2)42-21-19-32-7-5-9-38(40)25-32/h4-17,24-25,28-29,41-42H,18-23,26-27H2,1-3H3. The molecule has 2 atom stereocenters. The van der Waals surface area contributed by atoms with E-state index in [2.05, 4.69) is 85.1 Å². The van der Waals surface area contributed by atoms with Crippen LogP contribution in [0.5, 0.6) is 0 Å². The first-order valence-corrected chi connectivity index (χ1v) is 16.4. The van der Waals surface area contributed by atoms with Crippen molar-refractivity contribution >= 4 is 29.1 Å². The fourth-order valence-electron chi connectivity index (χ4n) is 5.44. The number of halogens is 2. The van der Waals surface area contributed by atoms with Gasteiger partial charge in [0.25, 0.3) is 0 Å². The summed E-state index contributed by atoms with van der Waals surface area (Å²) in [5.41, 5.74) is 7.34. The van der Waals surface area contributed by atoms with Gasteiger partial charge in [0, 0.05) is 42.1 Å². The van der Waals surface area contributed by atoms with E-state index in [9.17, 15) is 4.79 Å². The molecule has 0 spiro atoms. The quantitative estimate of drug-likeness (QED) is 0.132. The molecule has 0 aliphatic rings. The second-order valence-electron chi connectivity index (χ2n) is 11.9. The number of carbonyl (C=O) groups excluding carboxylic acids is 1. The Morgan fingerprint density at radius 3 is 1.36 bits per heavy atom. The Morgan fingerprint density at radius 1 is 0.614 bits per heavy atom. The largest absolute Gasteiger partial charge is 0.334 e. The molecule has 0 saturated carbocycles. The van der Waals surface area contributed by atoms with Gasteiger partial charge in [-0.25, -0.2) is 0 Å². The first-order chi connectivity index (χ1) is 21.2. The molecule has 0 saturated heterocycles. The maximum atomic E-state index is 12.5. The Morgan fingerprint density at radius 2 is 1.00 bits per heavy atom. The van der Waals surface area contributed by atoms with Crippen LogP contribution >= 0.6 is 23.2 Å². The molecular weight excluding hydrogens is 585 g/mol. The van der Waals surface area contributed by atoms with E-state index in [0.29, 0.717) is 25.2 Å². The summed E-state index contributed by atoms with van der Waals surface area (Å²) in [4.78, 5) is 14.4. The molecule has 4 aromatic carbocycles. The molecule has 0 aliphatic carbocycles. The van der Waals surface area contributed by atoms with Crippen LogP contribution in [0.4, 0.5) is 0 Å². The summed E-state index contributed by atoms with van der Waals surface area (Å²) >= 11 is 12.2. The van der Waals surface area contributed by atoms with Crippen molar-refractivity contribution in [1.29, 1.82) is 0 Å². The number of rotatable bonds is 16. The van der Waals surface area contributed by atoms with Gasteiger partial charge in [-0.1, -0.05) is 96.0 Å². The van der Waals surface area contributed by atoms with Gasteiger partial charge in [0.15, 0.2) is 0 Å². The highest BCUT2D eigenvalue weighted by Crippen LogP contribution is 2.16. The van der Waals surface area contributed by atoms with Crippen LogP contribution in [0.2, 0.25) is 10.0 Å². The number of amides is 1. The molecular formula is C38H45Cl2N3O. The number of hydrogen-bond acceptors (Lipinski definition) is 3. The highest BCUT2D eigenvalue weighted by Gasteiger charge is 2.12. The van der Waals surface area contributed by atoms with Crippen LogP contribution < -0.4 is 10.6 Å². The minimum absolute atomic E-state index is 0.0770. The van der Waals surface area contributed by atoms with E-state index >= 15 is 0 Å². The lowest BCUT2D eigenvalue weighted by atomic mass is 10.0. The van der Waals surface area contributed by atoms with Crippen LogP contribution in [0.25, 0.3) is 0 Å². The summed E-state index contributed by atoms with van der Waals surface area (Å²) in [5, 5.41) is 8.80. The monoisotopic (exact) mass is 629 g/mol. The van der Waals surface area contributed by atoms with Crippen molar-refractivity contribution in [2.24, 2.45) is 0 Å². The molecule has 0 fully saturated rings. The van der Waals surface area contributed by atoms with E-state index < -0.39 is 0 Å². The van der Waals surface area contributed by atoms with E-state index in [1.165, 1.54) is 22.3 Å². The van der Waals surface area contributed by atoms with Gasteiger partial charge in [0.1, 0.15) is 0 Å². The maximum Gasteiger partial charge on any atom is 0.220 e. The third-order valence-corrected chi connectivity index (χ3v) is 8.38. The molecule has 4 nitrogen and oxygen atoms in total. The second-order valence-corrected chi connectivity index (χ2v) is 12.8. The van der Waals surface area contributed by atoms with E-state index in [1.54, 1.807) is 6.92 Å². The third kappa shape index (κ3) is 11.7. The Balaban J connectivity index is 1.20. The van der Waals surface area contributed by atoms with Crippen LogP contribution in [0.15, 0.2) is 97.1 Å². The number of nitrogens with one attached hydrogen (secondary N) is 2. The van der Waals surface area contributed by atoms with Crippen molar-refractivity contribution < 1.29 is 4.79 Å². The van der Waals surface area contributed by atoms with Gasteiger partial charge in [0.2, 0.25) is 5.91 Å². The molecule has 4 rings (SSSR count). The summed E-state index contributed by atoms with van der Waals surface area (Å²) in [7, 11) is 0. The summed E-state index contributed by atoms with van der Waals surface area (Å²) in [6.07, 6.45) is 3.81. The van der Waals surface area contributed by atoms with Crippen molar-refractivity contribution in [3.63, 3.8) is 0 Å². The Bertz CT molecular complexity index is 1350. The zero-order chi connectivity index (χ0) is 31.3. The number of nitrogens with zero attached hydrogens (tertiary/aromatic N) is 1. The lowest BCUT2D eigenvalue weighted by Gasteiger charge is -2.22. The molecule has 2 unspecified atom stereocenters. The zero-order valence-corrected chi connectivity index (χ0v) is 27.7. The molecule has 232 valence electrons. The summed E-state index contributed by atoms with van der Waals surface area (Å²) in [6, 6.07) is 34.1. The fourth-order valence-corrected chi connectivity index (χ4v) is 5.87. The second kappa shape index (κ2) is 17.4. The zero-order valence-electron chi connectivity index (χ0n) is 26.2. The van der Waals surface area contributed by atoms with Gasteiger partial charge in [-0.15, -0.1) is 0 Å². The fraction of sp³-hybridized carbons (Fsp3) is 0.342. The van der Waals surface area contributed by atoms with E-state index in [0.717, 1.165) is 59.9 Å². The molecule has 1 amide bonds. The Kier molecular flexibility index (Phi) is 13.3. The number of benzene rings is 4. The lowest BCUT2D eigenvalue weighted by molar-refractivity contribution is -0.130. The van der Waals surface area contributed by atoms with E-state index in [-0.39, 0.29) is 5.91 Å². The molecule has 0 bridgehead atoms. The third-order valence-electron chi connectivity index (χ3n) is 7.91. The van der Waals surface area contributed by atoms with Gasteiger partial charge in [-0.2, -0.15) is 0 Å². The summed E-state index contributed by atoms with van der Waals surface area (Å²) < 4.78 is 0. The Labute approximate surface area is 273 Å². The number of hydrogen-bond donors (Lipinski definition) is 2. The first kappa shape index (κ1) is 33.7. The molecule has 6 heteroatoms. The normalized spacial score (nSPS) is 12.6. The predicted molar refractivity (Wildman–Crippen MR) is 185 cm³/mol. The van der Waals surface area contributed by atoms with Crippen molar-refractivity contribution in [2.45, 2.75) is 71.6 Å². The van der Waals surface area contributed by atoms with Crippen molar-refractivity contribution in [3.8, 4) is 0 Å². The van der Waals surface area contributed by atoms with Gasteiger partial charge < -0.3 is 15.5 Å². The van der Waals surface area contributed by atoms with Crippen LogP contribution in [-0.4, -0.2) is 36.0 Å². The molecule has 4 aromatic rings. The highest BCUT2D eigenvalue weighted by molar-refractivity contribution is 6.30. The molecule has 0 aromatic heterocycles. The Hall–Kier alpha value is -3.15. The first-order valence-electron chi connectivity index (χ1n) is 15.6. The summed E-state index contributed by atoms with van der Waals surface area (Å²) in [6.45, 7) is 9.10. The van der Waals surface area contributed by atoms with Gasteiger partial charge in [-0.05, 0) is 110 Å². The molecule has 0 radical (unpaired) electrons. The van der Waals surface area contributed by atoms with Crippen LogP contribution in [-0.2, 0) is 43.6 Å². The van der Waals surface area contributed by atoms with Crippen molar-refractivity contribution in [1.82, 2.24) is 15.5 Å². The smallest absolute Gasteiger partial charge is 0.220 e. The summed E-state index contributed by atoms with van der Waals surface area (Å²) in [5.74, 6) is 0.0770. The van der Waals surface area contributed by atoms with Crippen LogP contribution in [0.3, 0.4) is 0 Å². The van der Waals surface area contributed by atoms with Crippen LogP contribution in [0.1, 0.15) is 54.2 Å². The van der Waals surface area contributed by atoms with Gasteiger partial charge in [-0.3, -0.25) is 4.79 Å². The molecule has 0 aliphatic heterocycles. The van der Waals surface area contributed by atoms with E-state index in [1.807, 2.05) is 41.3 Å². The molecule has 2 N–H and O–H groups in total. The van der Waals surface area contributed by atoms with E-state index in [4.69, 9.17) is 23.2 Å². The molecule has 44 heavy (non-hydrogen) atoms. The number of carbonyl (C=O) groups is 1. The van der Waals surface area contributed by atoms with Crippen molar-refractivity contribution in [3.05, 3.63) is 140 Å². The van der Waals surface area contributed by atoms with Crippen molar-refractivity contribution in [2.75, 3.05) is 13.1 Å². The van der Waals surface area contributed by atoms with Gasteiger partial charge in [0.05, 0.1) is 0 Å². The predicted octanol–water partition coefficient (Wildman–Crippen LogP) is 8.07. The highest BCUT2D eigenvalue weighted by atomic mass is 35.5. The van der Waals surface area contributed by atoms with Gasteiger partial charge >= 0.3 is 0 Å². The minimum Gasteiger partial charge on any atom is -0.334 e.